The summed E-state index contributed by atoms with van der Waals surface area (Å²) in [6, 6.07) is 6.04. The number of methoxy groups -OCH3 is 2. The number of hydrogen-bond acceptors (Lipinski definition) is 6. The molecule has 0 aliphatic heterocycles. The van der Waals surface area contributed by atoms with E-state index in [-0.39, 0.29) is 0 Å². The molecule has 1 aromatic carbocycles. The molecule has 0 N–H and O–H groups in total. The zero-order chi connectivity index (χ0) is 16.9. The summed E-state index contributed by atoms with van der Waals surface area (Å²) in [4.78, 5) is 2.27. The first-order chi connectivity index (χ1) is 11.7. The molecule has 0 bridgehead atoms. The zero-order valence-corrected chi connectivity index (χ0v) is 14.3. The molecule has 7 nitrogen and oxygen atoms in total. The number of aromatic nitrogens is 4. The second-order valence-electron chi connectivity index (χ2n) is 5.92. The van der Waals surface area contributed by atoms with Gasteiger partial charge in [0.15, 0.2) is 5.82 Å². The van der Waals surface area contributed by atoms with Gasteiger partial charge in [-0.15, -0.1) is 5.10 Å². The molecule has 3 rings (SSSR count). The first-order valence-electron chi connectivity index (χ1n) is 8.09. The van der Waals surface area contributed by atoms with E-state index < -0.39 is 0 Å². The molecule has 0 saturated carbocycles. The first kappa shape index (κ1) is 16.4. The van der Waals surface area contributed by atoms with Gasteiger partial charge in [-0.3, -0.25) is 4.90 Å². The molecule has 1 aliphatic rings. The smallest absolute Gasteiger partial charge is 0.170 e. The topological polar surface area (TPSA) is 65.3 Å². The van der Waals surface area contributed by atoms with E-state index in [0.717, 1.165) is 11.5 Å². The fourth-order valence-electron chi connectivity index (χ4n) is 2.92. The van der Waals surface area contributed by atoms with Gasteiger partial charge in [-0.25, -0.2) is 0 Å². The average Bonchev–Trinajstić information content (AvgIpc) is 3.10. The molecule has 1 atom stereocenters. The molecule has 128 valence electrons. The lowest BCUT2D eigenvalue weighted by molar-refractivity contribution is 0.246. The van der Waals surface area contributed by atoms with Crippen molar-refractivity contribution in [1.29, 1.82) is 0 Å². The monoisotopic (exact) mass is 329 g/mol. The molecule has 0 fully saturated rings. The third-order valence-corrected chi connectivity index (χ3v) is 4.30. The lowest BCUT2D eigenvalue weighted by atomic mass is 10.0. The maximum absolute atomic E-state index is 5.33. The lowest BCUT2D eigenvalue weighted by Gasteiger charge is -2.27. The second kappa shape index (κ2) is 7.44. The quantitative estimate of drug-likeness (QED) is 0.757. The highest BCUT2D eigenvalue weighted by Crippen LogP contribution is 2.25. The van der Waals surface area contributed by atoms with E-state index in [9.17, 15) is 0 Å². The minimum Gasteiger partial charge on any atom is -0.497 e. The molecule has 0 unspecified atom stereocenters. The molecule has 0 radical (unpaired) electrons. The van der Waals surface area contributed by atoms with Gasteiger partial charge in [0.05, 0.1) is 26.5 Å². The third kappa shape index (κ3) is 3.56. The van der Waals surface area contributed by atoms with E-state index in [1.54, 1.807) is 18.9 Å². The van der Waals surface area contributed by atoms with Gasteiger partial charge in [-0.05, 0) is 36.7 Å². The van der Waals surface area contributed by atoms with Crippen molar-refractivity contribution in [3.8, 4) is 17.2 Å². The second-order valence-corrected chi connectivity index (χ2v) is 5.92. The summed E-state index contributed by atoms with van der Waals surface area (Å²) < 4.78 is 12.4. The van der Waals surface area contributed by atoms with E-state index in [1.807, 2.05) is 18.2 Å². The summed E-state index contributed by atoms with van der Waals surface area (Å²) in [5.74, 6) is 2.19. The Morgan fingerprint density at radius 1 is 1.21 bits per heavy atom. The van der Waals surface area contributed by atoms with Crippen LogP contribution in [-0.4, -0.2) is 52.4 Å². The fourth-order valence-corrected chi connectivity index (χ4v) is 2.92. The summed E-state index contributed by atoms with van der Waals surface area (Å²) in [7, 11) is 5.36. The molecule has 1 heterocycles. The van der Waals surface area contributed by atoms with Gasteiger partial charge in [0.2, 0.25) is 0 Å². The van der Waals surface area contributed by atoms with Crippen LogP contribution in [0.15, 0.2) is 30.4 Å². The van der Waals surface area contributed by atoms with Crippen LogP contribution >= 0.6 is 0 Å². The molecule has 2 aromatic rings. The number of nitrogens with zero attached hydrogens (tertiary/aromatic N) is 5. The highest BCUT2D eigenvalue weighted by Gasteiger charge is 2.18. The van der Waals surface area contributed by atoms with Crippen LogP contribution in [0.4, 0.5) is 0 Å². The number of benzene rings is 1. The Morgan fingerprint density at radius 2 is 1.96 bits per heavy atom. The highest BCUT2D eigenvalue weighted by atomic mass is 16.5. The van der Waals surface area contributed by atoms with Crippen LogP contribution < -0.4 is 9.47 Å². The average molecular weight is 329 g/mol. The van der Waals surface area contributed by atoms with Gasteiger partial charge in [0, 0.05) is 24.2 Å². The Bertz CT molecular complexity index is 691. The minimum atomic E-state index is 0.434. The van der Waals surface area contributed by atoms with Crippen molar-refractivity contribution in [3.05, 3.63) is 36.2 Å². The van der Waals surface area contributed by atoms with Crippen molar-refractivity contribution in [3.63, 3.8) is 0 Å². The molecule has 0 spiro atoms. The van der Waals surface area contributed by atoms with Gasteiger partial charge in [0.25, 0.3) is 0 Å². The number of tetrazole rings is 1. The van der Waals surface area contributed by atoms with Crippen molar-refractivity contribution >= 4 is 0 Å². The predicted molar refractivity (Wildman–Crippen MR) is 90.5 cm³/mol. The van der Waals surface area contributed by atoms with Gasteiger partial charge in [-0.1, -0.05) is 12.2 Å². The molecule has 0 amide bonds. The van der Waals surface area contributed by atoms with E-state index in [4.69, 9.17) is 9.47 Å². The van der Waals surface area contributed by atoms with Crippen LogP contribution in [0.2, 0.25) is 0 Å². The number of hydrogen-bond donors (Lipinski definition) is 0. The molecule has 1 aromatic heterocycles. The molecule has 1 aliphatic carbocycles. The van der Waals surface area contributed by atoms with E-state index in [2.05, 4.69) is 39.6 Å². The van der Waals surface area contributed by atoms with Crippen LogP contribution in [0.5, 0.6) is 11.5 Å². The Hall–Kier alpha value is -2.41. The zero-order valence-electron chi connectivity index (χ0n) is 14.3. The highest BCUT2D eigenvalue weighted by molar-refractivity contribution is 5.46. The SMILES string of the molecule is COc1cc(OC)cc(-n2nnnc2CN(C)[C@@H]2C=CCCC2)c1. The van der Waals surface area contributed by atoms with Gasteiger partial charge >= 0.3 is 0 Å². The largest absolute Gasteiger partial charge is 0.497 e. The van der Waals surface area contributed by atoms with Crippen molar-refractivity contribution in [1.82, 2.24) is 25.1 Å². The number of ether oxygens (including phenoxy) is 2. The maximum Gasteiger partial charge on any atom is 0.170 e. The normalized spacial score (nSPS) is 17.2. The van der Waals surface area contributed by atoms with E-state index in [0.29, 0.717) is 24.1 Å². The van der Waals surface area contributed by atoms with Crippen molar-refractivity contribution < 1.29 is 9.47 Å². The van der Waals surface area contributed by atoms with Crippen LogP contribution in [-0.2, 0) is 6.54 Å². The van der Waals surface area contributed by atoms with Crippen LogP contribution in [0, 0.1) is 0 Å². The molecule has 7 heteroatoms. The van der Waals surface area contributed by atoms with Gasteiger partial charge in [0.1, 0.15) is 11.5 Å². The number of rotatable bonds is 6. The Kier molecular flexibility index (Phi) is 5.10. The maximum atomic E-state index is 5.33. The number of allylic oxidation sites excluding steroid dienone is 1. The summed E-state index contributed by atoms with van der Waals surface area (Å²) in [5, 5.41) is 12.2. The standard InChI is InChI=1S/C17H23N5O2/c1-21(13-7-5-4-6-8-13)12-17-18-19-20-22(17)14-9-15(23-2)11-16(10-14)24-3/h5,7,9-11,13H,4,6,8,12H2,1-3H3/t13-/m1/s1. The minimum absolute atomic E-state index is 0.434. The van der Waals surface area contributed by atoms with Crippen LogP contribution in [0.25, 0.3) is 5.69 Å². The Balaban J connectivity index is 1.85. The predicted octanol–water partition coefficient (Wildman–Crippen LogP) is 2.22. The first-order valence-corrected chi connectivity index (χ1v) is 8.09. The molecule has 24 heavy (non-hydrogen) atoms. The Labute approximate surface area is 141 Å². The summed E-state index contributed by atoms with van der Waals surface area (Å²) in [6.07, 6.45) is 8.09. The molecular weight excluding hydrogens is 306 g/mol. The van der Waals surface area contributed by atoms with Crippen LogP contribution in [0.3, 0.4) is 0 Å². The van der Waals surface area contributed by atoms with Gasteiger partial charge in [-0.2, -0.15) is 4.68 Å². The lowest BCUT2D eigenvalue weighted by Crippen LogP contribution is -2.31. The van der Waals surface area contributed by atoms with E-state index >= 15 is 0 Å². The summed E-state index contributed by atoms with van der Waals surface area (Å²) >= 11 is 0. The van der Waals surface area contributed by atoms with Crippen LogP contribution in [0.1, 0.15) is 25.1 Å². The van der Waals surface area contributed by atoms with Crippen molar-refractivity contribution in [2.24, 2.45) is 0 Å². The Morgan fingerprint density at radius 3 is 2.58 bits per heavy atom. The van der Waals surface area contributed by atoms with E-state index in [1.165, 1.54) is 19.3 Å². The van der Waals surface area contributed by atoms with Crippen molar-refractivity contribution in [2.75, 3.05) is 21.3 Å². The van der Waals surface area contributed by atoms with Gasteiger partial charge < -0.3 is 9.47 Å². The van der Waals surface area contributed by atoms with Crippen molar-refractivity contribution in [2.45, 2.75) is 31.8 Å². The number of likely N-dealkylation sites (N-methyl/N-ethyl adjacent to an activating group) is 1. The third-order valence-electron chi connectivity index (χ3n) is 4.30. The molecule has 0 saturated heterocycles. The molecular formula is C17H23N5O2. The fraction of sp³-hybridized carbons (Fsp3) is 0.471. The summed E-state index contributed by atoms with van der Waals surface area (Å²) in [5.41, 5.74) is 0.818. The summed E-state index contributed by atoms with van der Waals surface area (Å²) in [6.45, 7) is 0.668.